The summed E-state index contributed by atoms with van der Waals surface area (Å²) in [7, 11) is -2.21. The molecule has 3 heterocycles. The molecule has 11 heteroatoms. The molecule has 1 atom stereocenters. The molecule has 1 aromatic heterocycles. The highest BCUT2D eigenvalue weighted by atomic mass is 32.2. The molecule has 5 rings (SSSR count). The fraction of sp³-hybridized carbons (Fsp3) is 0.483. The first-order valence-electron chi connectivity index (χ1n) is 13.7. The van der Waals surface area contributed by atoms with Crippen LogP contribution in [0.3, 0.4) is 0 Å². The molecule has 0 unspecified atom stereocenters. The number of likely N-dealkylation sites (tertiary alicyclic amines) is 1. The molecule has 2 fully saturated rings. The number of aryl methyl sites for hydroxylation is 1. The minimum absolute atomic E-state index is 0.324. The van der Waals surface area contributed by atoms with Crippen molar-refractivity contribution in [3.63, 3.8) is 0 Å². The summed E-state index contributed by atoms with van der Waals surface area (Å²) in [6.45, 7) is 8.36. The van der Waals surface area contributed by atoms with Crippen LogP contribution >= 0.6 is 0 Å². The molecule has 40 heavy (non-hydrogen) atoms. The molecule has 0 aliphatic carbocycles. The van der Waals surface area contributed by atoms with Gasteiger partial charge in [0.2, 0.25) is 0 Å². The number of rotatable bonds is 5. The maximum atomic E-state index is 14.3. The van der Waals surface area contributed by atoms with E-state index >= 15 is 0 Å². The number of aromatic nitrogens is 2. The lowest BCUT2D eigenvalue weighted by Crippen LogP contribution is -2.46. The lowest BCUT2D eigenvalue weighted by atomic mass is 10.1. The number of nitrogens with zero attached hydrogens (tertiary/aromatic N) is 4. The van der Waals surface area contributed by atoms with E-state index in [1.165, 1.54) is 18.5 Å². The number of piperidine rings is 1. The van der Waals surface area contributed by atoms with E-state index in [2.05, 4.69) is 19.6 Å². The van der Waals surface area contributed by atoms with Crippen LogP contribution in [0.15, 0.2) is 41.0 Å². The van der Waals surface area contributed by atoms with Gasteiger partial charge in [0.05, 0.1) is 33.2 Å². The lowest BCUT2D eigenvalue weighted by Gasteiger charge is -2.34. The van der Waals surface area contributed by atoms with Crippen molar-refractivity contribution in [2.24, 2.45) is 4.36 Å². The van der Waals surface area contributed by atoms with Crippen LogP contribution in [0.4, 0.5) is 26.4 Å². The van der Waals surface area contributed by atoms with Crippen molar-refractivity contribution in [1.29, 1.82) is 0 Å². The van der Waals surface area contributed by atoms with Crippen molar-refractivity contribution < 1.29 is 22.9 Å². The minimum Gasteiger partial charge on any atom is -0.486 e. The first kappa shape index (κ1) is 28.1. The number of carbonyl (C=O) groups excluding carboxylic acids is 1. The Hall–Kier alpha value is -3.47. The van der Waals surface area contributed by atoms with E-state index in [4.69, 9.17) is 9.47 Å². The maximum Gasteiger partial charge on any atom is 0.410 e. The van der Waals surface area contributed by atoms with Gasteiger partial charge in [-0.05, 0) is 83.2 Å². The SMILES string of the molecule is Cc1cc(N=S2(=O)CCCC2)cc2ncnc(Nc3ccc(F)cc3O[C@@H]3CCCN(C(=O)OC(C)(C)C)C3)c12. The summed E-state index contributed by atoms with van der Waals surface area (Å²) in [6, 6.07) is 8.03. The van der Waals surface area contributed by atoms with Crippen molar-refractivity contribution in [3.05, 3.63) is 48.0 Å². The molecule has 9 nitrogen and oxygen atoms in total. The van der Waals surface area contributed by atoms with Crippen LogP contribution in [0, 0.1) is 12.7 Å². The highest BCUT2D eigenvalue weighted by Gasteiger charge is 2.29. The zero-order valence-corrected chi connectivity index (χ0v) is 24.2. The van der Waals surface area contributed by atoms with Gasteiger partial charge in [-0.1, -0.05) is 0 Å². The number of benzene rings is 2. The van der Waals surface area contributed by atoms with Gasteiger partial charge in [-0.15, -0.1) is 0 Å². The van der Waals surface area contributed by atoms with E-state index in [1.807, 2.05) is 39.8 Å². The van der Waals surface area contributed by atoms with Crippen molar-refractivity contribution in [2.75, 3.05) is 29.9 Å². The van der Waals surface area contributed by atoms with E-state index in [-0.39, 0.29) is 12.2 Å². The predicted molar refractivity (Wildman–Crippen MR) is 155 cm³/mol. The van der Waals surface area contributed by atoms with Gasteiger partial charge in [0, 0.05) is 29.5 Å². The molecule has 0 bridgehead atoms. The predicted octanol–water partition coefficient (Wildman–Crippen LogP) is 6.49. The van der Waals surface area contributed by atoms with E-state index in [0.717, 1.165) is 36.6 Å². The molecule has 3 aromatic rings. The Labute approximate surface area is 234 Å². The number of amides is 1. The molecule has 0 radical (unpaired) electrons. The number of hydrogen-bond donors (Lipinski definition) is 1. The summed E-state index contributed by atoms with van der Waals surface area (Å²) in [5.74, 6) is 1.69. The topological polar surface area (TPSA) is 106 Å². The molecule has 2 saturated heterocycles. The van der Waals surface area contributed by atoms with Crippen molar-refractivity contribution in [1.82, 2.24) is 14.9 Å². The Kier molecular flexibility index (Phi) is 7.85. The molecular formula is C29H36FN5O4S. The van der Waals surface area contributed by atoms with Crippen LogP contribution in [-0.4, -0.2) is 61.5 Å². The van der Waals surface area contributed by atoms with Gasteiger partial charge < -0.3 is 19.7 Å². The summed E-state index contributed by atoms with van der Waals surface area (Å²) in [5, 5.41) is 4.09. The fourth-order valence-corrected chi connectivity index (χ4v) is 7.28. The molecule has 214 valence electrons. The van der Waals surface area contributed by atoms with Crippen LogP contribution in [0.25, 0.3) is 10.9 Å². The third kappa shape index (κ3) is 6.63. The lowest BCUT2D eigenvalue weighted by molar-refractivity contribution is 0.00781. The van der Waals surface area contributed by atoms with Crippen LogP contribution in [0.2, 0.25) is 0 Å². The summed E-state index contributed by atoms with van der Waals surface area (Å²) in [5.41, 5.74) is 2.15. The van der Waals surface area contributed by atoms with Crippen molar-refractivity contribution in [3.8, 4) is 5.75 Å². The number of nitrogens with one attached hydrogen (secondary N) is 1. The normalized spacial score (nSPS) is 18.9. The van der Waals surface area contributed by atoms with Gasteiger partial charge in [0.1, 0.15) is 35.4 Å². The molecule has 2 aliphatic heterocycles. The molecule has 1 N–H and O–H groups in total. The van der Waals surface area contributed by atoms with Crippen molar-refractivity contribution in [2.45, 2.75) is 65.1 Å². The Bertz CT molecular complexity index is 1540. The number of hydrogen-bond acceptors (Lipinski definition) is 8. The summed E-state index contributed by atoms with van der Waals surface area (Å²) in [6.07, 6.45) is 4.09. The van der Waals surface area contributed by atoms with Gasteiger partial charge in [-0.2, -0.15) is 4.36 Å². The standard InChI is InChI=1S/C29H36FN5O4S/c1-19-14-21(34-40(37)12-5-6-13-40)16-24-26(19)27(32-18-31-24)33-23-10-9-20(30)15-25(23)38-22-8-7-11-35(17-22)28(36)39-29(2,3)4/h9-10,14-16,18,22H,5-8,11-13,17H2,1-4H3,(H,31,32,33)/t22-/m1/s1. The third-order valence-corrected chi connectivity index (χ3v) is 9.29. The highest BCUT2D eigenvalue weighted by molar-refractivity contribution is 7.93. The monoisotopic (exact) mass is 569 g/mol. The van der Waals surface area contributed by atoms with Crippen molar-refractivity contribution >= 4 is 43.9 Å². The summed E-state index contributed by atoms with van der Waals surface area (Å²) in [4.78, 5) is 23.1. The Morgan fingerprint density at radius 2 is 1.93 bits per heavy atom. The average molecular weight is 570 g/mol. The molecule has 0 saturated carbocycles. The van der Waals surface area contributed by atoms with E-state index in [9.17, 15) is 13.4 Å². The van der Waals surface area contributed by atoms with Crippen LogP contribution < -0.4 is 10.1 Å². The van der Waals surface area contributed by atoms with Crippen LogP contribution in [0.5, 0.6) is 5.75 Å². The Morgan fingerprint density at radius 3 is 2.67 bits per heavy atom. The van der Waals surface area contributed by atoms with Crippen LogP contribution in [0.1, 0.15) is 52.0 Å². The second-order valence-electron chi connectivity index (χ2n) is 11.4. The Morgan fingerprint density at radius 1 is 1.15 bits per heavy atom. The minimum atomic E-state index is -2.21. The zero-order valence-electron chi connectivity index (χ0n) is 23.4. The zero-order chi connectivity index (χ0) is 28.5. The van der Waals surface area contributed by atoms with Gasteiger partial charge in [0.15, 0.2) is 0 Å². The summed E-state index contributed by atoms with van der Waals surface area (Å²) >= 11 is 0. The smallest absolute Gasteiger partial charge is 0.410 e. The van der Waals surface area contributed by atoms with E-state index in [1.54, 1.807) is 11.0 Å². The Balaban J connectivity index is 1.39. The molecule has 2 aromatic carbocycles. The molecular weight excluding hydrogens is 533 g/mol. The fourth-order valence-electron chi connectivity index (χ4n) is 5.09. The van der Waals surface area contributed by atoms with Gasteiger partial charge in [0.25, 0.3) is 0 Å². The highest BCUT2D eigenvalue weighted by Crippen LogP contribution is 2.35. The first-order chi connectivity index (χ1) is 19.0. The average Bonchev–Trinajstić information content (AvgIpc) is 3.30. The number of halogens is 1. The quantitative estimate of drug-likeness (QED) is 0.374. The first-order valence-corrected chi connectivity index (χ1v) is 15.5. The number of fused-ring (bicyclic) bond motifs is 1. The largest absolute Gasteiger partial charge is 0.486 e. The molecule has 0 spiro atoms. The second kappa shape index (κ2) is 11.2. The number of carbonyl (C=O) groups is 1. The number of ether oxygens (including phenoxy) is 2. The summed E-state index contributed by atoms with van der Waals surface area (Å²) < 4.78 is 43.7. The van der Waals surface area contributed by atoms with Gasteiger partial charge in [-0.3, -0.25) is 0 Å². The van der Waals surface area contributed by atoms with E-state index < -0.39 is 21.1 Å². The van der Waals surface area contributed by atoms with Gasteiger partial charge in [-0.25, -0.2) is 23.4 Å². The molecule has 2 aliphatic rings. The maximum absolute atomic E-state index is 14.3. The van der Waals surface area contributed by atoms with Gasteiger partial charge >= 0.3 is 6.09 Å². The van der Waals surface area contributed by atoms with E-state index in [0.29, 0.717) is 53.1 Å². The second-order valence-corrected chi connectivity index (χ2v) is 14.0. The van der Waals surface area contributed by atoms with Crippen LogP contribution in [-0.2, 0) is 14.5 Å². The third-order valence-electron chi connectivity index (χ3n) is 6.89. The molecule has 1 amide bonds. The number of anilines is 2.